The highest BCUT2D eigenvalue weighted by atomic mass is 19.3. The van der Waals surface area contributed by atoms with Gasteiger partial charge in [-0.1, -0.05) is 0 Å². The van der Waals surface area contributed by atoms with Crippen LogP contribution in [0.4, 0.5) is 8.78 Å². The lowest BCUT2D eigenvalue weighted by Crippen LogP contribution is -2.33. The second kappa shape index (κ2) is 8.02. The summed E-state index contributed by atoms with van der Waals surface area (Å²) in [5.41, 5.74) is 0.835. The molecule has 4 rings (SSSR count). The predicted molar refractivity (Wildman–Crippen MR) is 103 cm³/mol. The van der Waals surface area contributed by atoms with Crippen LogP contribution in [0.15, 0.2) is 18.7 Å². The first-order valence-electron chi connectivity index (χ1n) is 9.45. The first-order valence-corrected chi connectivity index (χ1v) is 9.45. The van der Waals surface area contributed by atoms with Crippen molar-refractivity contribution in [2.45, 2.75) is 38.5 Å². The molecular formula is C19H20F2N6O4. The summed E-state index contributed by atoms with van der Waals surface area (Å²) in [6.45, 7) is -1.21. The van der Waals surface area contributed by atoms with Crippen molar-refractivity contribution >= 4 is 17.1 Å². The average Bonchev–Trinajstić information content (AvgIpc) is 3.38. The lowest BCUT2D eigenvalue weighted by atomic mass is 10.2. The Morgan fingerprint density at radius 3 is 2.81 bits per heavy atom. The van der Waals surface area contributed by atoms with Gasteiger partial charge in [0.15, 0.2) is 5.65 Å². The normalized spacial score (nSPS) is 14.6. The Morgan fingerprint density at radius 2 is 2.13 bits per heavy atom. The van der Waals surface area contributed by atoms with E-state index in [0.29, 0.717) is 35.3 Å². The van der Waals surface area contributed by atoms with Crippen LogP contribution in [-0.2, 0) is 6.54 Å². The van der Waals surface area contributed by atoms with Crippen LogP contribution in [0, 0.1) is 6.92 Å². The van der Waals surface area contributed by atoms with Crippen LogP contribution in [-0.4, -0.2) is 61.4 Å². The number of methoxy groups -OCH3 is 1. The Morgan fingerprint density at radius 1 is 1.35 bits per heavy atom. The van der Waals surface area contributed by atoms with Gasteiger partial charge in [-0.25, -0.2) is 15.0 Å². The zero-order valence-corrected chi connectivity index (χ0v) is 16.8. The van der Waals surface area contributed by atoms with Crippen LogP contribution in [0.5, 0.6) is 11.8 Å². The van der Waals surface area contributed by atoms with Crippen molar-refractivity contribution < 1.29 is 28.2 Å². The van der Waals surface area contributed by atoms with Gasteiger partial charge in [0.2, 0.25) is 11.8 Å². The third kappa shape index (κ3) is 4.38. The molecule has 12 heteroatoms. The fourth-order valence-electron chi connectivity index (χ4n) is 3.07. The molecule has 1 aliphatic carbocycles. The molecule has 0 spiro atoms. The lowest BCUT2D eigenvalue weighted by molar-refractivity contribution is -0.0534. The highest BCUT2D eigenvalue weighted by molar-refractivity contribution is 6.04. The van der Waals surface area contributed by atoms with Crippen molar-refractivity contribution in [1.29, 1.82) is 0 Å². The molecule has 3 aromatic heterocycles. The average molecular weight is 434 g/mol. The van der Waals surface area contributed by atoms with Crippen LogP contribution in [0.3, 0.4) is 0 Å². The summed E-state index contributed by atoms with van der Waals surface area (Å²) in [6.07, 6.45) is 5.35. The quantitative estimate of drug-likeness (QED) is 0.546. The number of nitrogens with zero attached hydrogens (tertiary/aromatic N) is 5. The number of ether oxygens (including phenoxy) is 2. The maximum atomic E-state index is 12.7. The molecule has 10 nitrogen and oxygen atoms in total. The fraction of sp³-hybridized carbons (Fsp3) is 0.421. The van der Waals surface area contributed by atoms with Gasteiger partial charge in [0.25, 0.3) is 5.91 Å². The molecule has 2 N–H and O–H groups in total. The van der Waals surface area contributed by atoms with Crippen LogP contribution in [0.25, 0.3) is 11.2 Å². The van der Waals surface area contributed by atoms with E-state index in [1.165, 1.54) is 13.3 Å². The first-order chi connectivity index (χ1) is 14.8. The third-order valence-corrected chi connectivity index (χ3v) is 5.07. The fourth-order valence-corrected chi connectivity index (χ4v) is 3.07. The molecule has 0 radical (unpaired) electrons. The summed E-state index contributed by atoms with van der Waals surface area (Å²) in [5.74, 6) is -0.396. The Labute approximate surface area is 175 Å². The molecule has 1 saturated carbocycles. The van der Waals surface area contributed by atoms with Crippen molar-refractivity contribution in [1.82, 2.24) is 29.8 Å². The topological polar surface area (TPSA) is 124 Å². The number of carbonyl (C=O) groups is 1. The number of rotatable bonds is 8. The molecule has 3 aromatic rings. The van der Waals surface area contributed by atoms with Gasteiger partial charge in [-0.3, -0.25) is 4.79 Å². The number of nitrogens with one attached hydrogen (secondary N) is 1. The molecule has 0 aliphatic heterocycles. The van der Waals surface area contributed by atoms with Gasteiger partial charge in [0, 0.05) is 18.3 Å². The van der Waals surface area contributed by atoms with Gasteiger partial charge >= 0.3 is 6.61 Å². The summed E-state index contributed by atoms with van der Waals surface area (Å²) < 4.78 is 36.4. The third-order valence-electron chi connectivity index (χ3n) is 5.07. The molecule has 31 heavy (non-hydrogen) atoms. The number of hydrogen-bond acceptors (Lipinski definition) is 8. The molecule has 164 valence electrons. The molecule has 0 bridgehead atoms. The van der Waals surface area contributed by atoms with E-state index in [1.807, 2.05) is 0 Å². The van der Waals surface area contributed by atoms with Gasteiger partial charge < -0.3 is 24.5 Å². The van der Waals surface area contributed by atoms with E-state index in [1.54, 1.807) is 17.7 Å². The lowest BCUT2D eigenvalue weighted by Gasteiger charge is -2.11. The molecule has 0 unspecified atom stereocenters. The smallest absolute Gasteiger partial charge is 0.388 e. The Hall–Kier alpha value is -3.41. The highest BCUT2D eigenvalue weighted by Gasteiger charge is 2.40. The van der Waals surface area contributed by atoms with Crippen LogP contribution in [0.2, 0.25) is 0 Å². The minimum atomic E-state index is -3.01. The van der Waals surface area contributed by atoms with E-state index in [9.17, 15) is 18.7 Å². The monoisotopic (exact) mass is 434 g/mol. The first kappa shape index (κ1) is 20.8. The number of aromatic nitrogens is 5. The number of alkyl halides is 2. The van der Waals surface area contributed by atoms with Gasteiger partial charge in [0.1, 0.15) is 11.8 Å². The number of fused-ring (bicyclic) bond motifs is 1. The molecule has 1 aliphatic rings. The number of hydrogen-bond donors (Lipinski definition) is 2. The number of aliphatic hydroxyl groups is 1. The van der Waals surface area contributed by atoms with Crippen LogP contribution in [0.1, 0.15) is 34.5 Å². The van der Waals surface area contributed by atoms with Gasteiger partial charge in [-0.2, -0.15) is 13.8 Å². The molecule has 0 saturated heterocycles. The number of amides is 1. The summed E-state index contributed by atoms with van der Waals surface area (Å²) in [7, 11) is 1.44. The molecule has 1 amide bonds. The zero-order chi connectivity index (χ0) is 22.2. The maximum absolute atomic E-state index is 12.7. The van der Waals surface area contributed by atoms with Gasteiger partial charge in [-0.05, 0) is 19.8 Å². The van der Waals surface area contributed by atoms with Crippen molar-refractivity contribution in [2.24, 2.45) is 0 Å². The van der Waals surface area contributed by atoms with E-state index < -0.39 is 18.1 Å². The molecule has 0 atom stereocenters. The van der Waals surface area contributed by atoms with Crippen molar-refractivity contribution in [3.8, 4) is 11.8 Å². The second-order valence-electron chi connectivity index (χ2n) is 7.29. The van der Waals surface area contributed by atoms with Crippen molar-refractivity contribution in [2.75, 3.05) is 13.7 Å². The Kier molecular flexibility index (Phi) is 5.39. The van der Waals surface area contributed by atoms with E-state index in [4.69, 9.17) is 4.74 Å². The molecule has 0 aromatic carbocycles. The minimum absolute atomic E-state index is 0.101. The van der Waals surface area contributed by atoms with Crippen molar-refractivity contribution in [3.05, 3.63) is 35.5 Å². The van der Waals surface area contributed by atoms with Gasteiger partial charge in [0.05, 0.1) is 36.7 Å². The predicted octanol–water partition coefficient (Wildman–Crippen LogP) is 1.44. The van der Waals surface area contributed by atoms with Crippen molar-refractivity contribution in [3.63, 3.8) is 0 Å². The molecule has 1 fully saturated rings. The summed E-state index contributed by atoms with van der Waals surface area (Å²) >= 11 is 0. The van der Waals surface area contributed by atoms with E-state index >= 15 is 0 Å². The minimum Gasteiger partial charge on any atom is -0.480 e. The largest absolute Gasteiger partial charge is 0.480 e. The van der Waals surface area contributed by atoms with Gasteiger partial charge in [-0.15, -0.1) is 0 Å². The van der Waals surface area contributed by atoms with Crippen LogP contribution < -0.4 is 14.8 Å². The molecule has 3 heterocycles. The van der Waals surface area contributed by atoms with E-state index in [-0.39, 0.29) is 30.4 Å². The summed E-state index contributed by atoms with van der Waals surface area (Å²) in [6, 6.07) is 0. The van der Waals surface area contributed by atoms with Crippen LogP contribution >= 0.6 is 0 Å². The SMILES string of the molecule is COc1cnc2c(C(=O)NCC3(O)CC3)cn(Cc3ncnc(OC(F)F)c3C)c2n1. The summed E-state index contributed by atoms with van der Waals surface area (Å²) in [4.78, 5) is 29.3. The molecular weight excluding hydrogens is 414 g/mol. The number of carbonyl (C=O) groups excluding carboxylic acids is 1. The Balaban J connectivity index is 1.69. The summed E-state index contributed by atoms with van der Waals surface area (Å²) in [5, 5.41) is 12.7. The van der Waals surface area contributed by atoms with E-state index in [2.05, 4.69) is 30.0 Å². The van der Waals surface area contributed by atoms with E-state index in [0.717, 1.165) is 6.33 Å². The zero-order valence-electron chi connectivity index (χ0n) is 16.8. The number of halogens is 2. The highest BCUT2D eigenvalue weighted by Crippen LogP contribution is 2.34. The standard InChI is InChI=1S/C19H20F2N6O4/c1-10-12(24-9-25-17(10)31-18(20)21)7-27-6-11(16(28)23-8-19(29)3-4-19)14-15(27)26-13(30-2)5-22-14/h5-6,9,18,29H,3-4,7-8H2,1-2H3,(H,23,28). The maximum Gasteiger partial charge on any atom is 0.388 e. The Bertz CT molecular complexity index is 1130. The second-order valence-corrected chi connectivity index (χ2v) is 7.29.